The maximum Gasteiger partial charge on any atom is 0.0107 e. The summed E-state index contributed by atoms with van der Waals surface area (Å²) in [6.07, 6.45) is 11.8. The summed E-state index contributed by atoms with van der Waals surface area (Å²) in [4.78, 5) is 2.66. The van der Waals surface area contributed by atoms with Gasteiger partial charge in [-0.05, 0) is 44.8 Å². The summed E-state index contributed by atoms with van der Waals surface area (Å²) in [5.41, 5.74) is 0. The molecular weight excluding hydrogens is 196 g/mol. The summed E-state index contributed by atoms with van der Waals surface area (Å²) < 4.78 is 0. The average Bonchev–Trinajstić information content (AvgIpc) is 2.59. The van der Waals surface area contributed by atoms with Crippen LogP contribution in [0.15, 0.2) is 0 Å². The molecule has 1 aliphatic carbocycles. The summed E-state index contributed by atoms with van der Waals surface area (Å²) in [5.74, 6) is 1.07. The molecule has 0 atom stereocenters. The summed E-state index contributed by atoms with van der Waals surface area (Å²) in [6.45, 7) is 6.35. The summed E-state index contributed by atoms with van der Waals surface area (Å²) in [7, 11) is 0. The van der Waals surface area contributed by atoms with Crippen molar-refractivity contribution in [3.05, 3.63) is 0 Å². The minimum absolute atomic E-state index is 1.07. The molecule has 0 amide bonds. The summed E-state index contributed by atoms with van der Waals surface area (Å²) in [5, 5.41) is 3.48. The van der Waals surface area contributed by atoms with Gasteiger partial charge in [-0.1, -0.05) is 32.1 Å². The highest BCUT2D eigenvalue weighted by Crippen LogP contribution is 2.27. The lowest BCUT2D eigenvalue weighted by Crippen LogP contribution is -2.29. The topological polar surface area (TPSA) is 15.3 Å². The number of hydrogen-bond donors (Lipinski definition) is 1. The Balaban J connectivity index is 1.55. The van der Waals surface area contributed by atoms with Crippen molar-refractivity contribution in [2.45, 2.75) is 51.4 Å². The monoisotopic (exact) mass is 224 g/mol. The van der Waals surface area contributed by atoms with Gasteiger partial charge in [0, 0.05) is 13.1 Å². The Hall–Kier alpha value is -0.0800. The van der Waals surface area contributed by atoms with E-state index in [1.807, 2.05) is 0 Å². The van der Waals surface area contributed by atoms with Crippen molar-refractivity contribution in [1.29, 1.82) is 0 Å². The third-order valence-corrected chi connectivity index (χ3v) is 4.24. The molecule has 2 rings (SSSR count). The predicted molar refractivity (Wildman–Crippen MR) is 69.7 cm³/mol. The zero-order chi connectivity index (χ0) is 11.1. The first-order valence-electron chi connectivity index (χ1n) is 7.38. The Labute approximate surface area is 101 Å². The van der Waals surface area contributed by atoms with Crippen molar-refractivity contribution in [3.8, 4) is 0 Å². The first-order valence-corrected chi connectivity index (χ1v) is 7.38. The van der Waals surface area contributed by atoms with E-state index in [1.165, 1.54) is 84.1 Å². The second-order valence-electron chi connectivity index (χ2n) is 5.59. The van der Waals surface area contributed by atoms with Crippen molar-refractivity contribution >= 4 is 0 Å². The fourth-order valence-electron chi connectivity index (χ4n) is 3.20. The molecule has 94 valence electrons. The molecule has 0 bridgehead atoms. The van der Waals surface area contributed by atoms with Gasteiger partial charge in [-0.3, -0.25) is 0 Å². The lowest BCUT2D eigenvalue weighted by molar-refractivity contribution is 0.261. The maximum absolute atomic E-state index is 3.48. The Morgan fingerprint density at radius 2 is 1.81 bits per heavy atom. The zero-order valence-corrected chi connectivity index (χ0v) is 10.7. The maximum atomic E-state index is 3.48. The molecule has 0 radical (unpaired) electrons. The first-order chi connectivity index (χ1) is 7.95. The predicted octanol–water partition coefficient (Wildman–Crippen LogP) is 2.64. The van der Waals surface area contributed by atoms with Gasteiger partial charge in [0.05, 0.1) is 0 Å². The Kier molecular flexibility index (Phi) is 5.64. The van der Waals surface area contributed by atoms with Crippen LogP contribution in [0.3, 0.4) is 0 Å². The van der Waals surface area contributed by atoms with Crippen molar-refractivity contribution in [2.75, 3.05) is 32.7 Å². The number of rotatable bonds is 4. The molecular formula is C14H28N2. The first kappa shape index (κ1) is 12.4. The summed E-state index contributed by atoms with van der Waals surface area (Å²) >= 11 is 0. The lowest BCUT2D eigenvalue weighted by atomic mass is 9.86. The lowest BCUT2D eigenvalue weighted by Gasteiger charge is -2.24. The highest BCUT2D eigenvalue weighted by Gasteiger charge is 2.14. The Morgan fingerprint density at radius 1 is 0.938 bits per heavy atom. The van der Waals surface area contributed by atoms with Gasteiger partial charge in [-0.25, -0.2) is 0 Å². The van der Waals surface area contributed by atoms with E-state index in [0.717, 1.165) is 5.92 Å². The van der Waals surface area contributed by atoms with Gasteiger partial charge in [-0.15, -0.1) is 0 Å². The smallest absolute Gasteiger partial charge is 0.0107 e. The van der Waals surface area contributed by atoms with Crippen LogP contribution in [-0.4, -0.2) is 37.6 Å². The zero-order valence-electron chi connectivity index (χ0n) is 10.7. The second-order valence-corrected chi connectivity index (χ2v) is 5.59. The van der Waals surface area contributed by atoms with Crippen LogP contribution in [0.4, 0.5) is 0 Å². The van der Waals surface area contributed by atoms with E-state index in [4.69, 9.17) is 0 Å². The molecule has 1 saturated carbocycles. The van der Waals surface area contributed by atoms with E-state index in [1.54, 1.807) is 0 Å². The van der Waals surface area contributed by atoms with Crippen LogP contribution < -0.4 is 5.32 Å². The van der Waals surface area contributed by atoms with Crippen LogP contribution in [-0.2, 0) is 0 Å². The van der Waals surface area contributed by atoms with Gasteiger partial charge < -0.3 is 10.2 Å². The average molecular weight is 224 g/mol. The van der Waals surface area contributed by atoms with Crippen LogP contribution in [0, 0.1) is 5.92 Å². The number of nitrogens with one attached hydrogen (secondary N) is 1. The highest BCUT2D eigenvalue weighted by molar-refractivity contribution is 4.69. The number of hydrogen-bond acceptors (Lipinski definition) is 2. The minimum Gasteiger partial charge on any atom is -0.315 e. The molecule has 1 aliphatic heterocycles. The van der Waals surface area contributed by atoms with Crippen LogP contribution in [0.2, 0.25) is 0 Å². The fraction of sp³-hybridized carbons (Fsp3) is 1.00. The number of nitrogens with zero attached hydrogens (tertiary/aromatic N) is 1. The highest BCUT2D eigenvalue weighted by atomic mass is 15.1. The van der Waals surface area contributed by atoms with E-state index in [2.05, 4.69) is 10.2 Å². The van der Waals surface area contributed by atoms with Gasteiger partial charge in [0.1, 0.15) is 0 Å². The van der Waals surface area contributed by atoms with Crippen molar-refractivity contribution in [3.63, 3.8) is 0 Å². The molecule has 1 N–H and O–H groups in total. The van der Waals surface area contributed by atoms with Crippen LogP contribution >= 0.6 is 0 Å². The molecule has 2 aliphatic rings. The molecule has 16 heavy (non-hydrogen) atoms. The van der Waals surface area contributed by atoms with Gasteiger partial charge >= 0.3 is 0 Å². The molecule has 0 spiro atoms. The molecule has 1 heterocycles. The van der Waals surface area contributed by atoms with Crippen LogP contribution in [0.5, 0.6) is 0 Å². The van der Waals surface area contributed by atoms with Gasteiger partial charge in [0.15, 0.2) is 0 Å². The standard InChI is InChI=1S/C14H28N2/c1-2-6-14(7-3-1)8-4-11-16-12-5-9-15-10-13-16/h14-15H,1-13H2. The fourth-order valence-corrected chi connectivity index (χ4v) is 3.20. The third kappa shape index (κ3) is 4.42. The Bertz CT molecular complexity index is 168. The summed E-state index contributed by atoms with van der Waals surface area (Å²) in [6, 6.07) is 0. The SMILES string of the molecule is C1CCC(CCCN2CCCNCC2)CC1. The Morgan fingerprint density at radius 3 is 2.69 bits per heavy atom. The van der Waals surface area contributed by atoms with Crippen LogP contribution in [0.25, 0.3) is 0 Å². The molecule has 0 aromatic heterocycles. The van der Waals surface area contributed by atoms with E-state index in [9.17, 15) is 0 Å². The second kappa shape index (κ2) is 7.29. The largest absolute Gasteiger partial charge is 0.315 e. The molecule has 2 fully saturated rings. The van der Waals surface area contributed by atoms with Crippen molar-refractivity contribution in [1.82, 2.24) is 10.2 Å². The van der Waals surface area contributed by atoms with Crippen molar-refractivity contribution < 1.29 is 0 Å². The molecule has 0 unspecified atom stereocenters. The van der Waals surface area contributed by atoms with E-state index in [0.29, 0.717) is 0 Å². The quantitative estimate of drug-likeness (QED) is 0.790. The molecule has 2 heteroatoms. The van der Waals surface area contributed by atoms with Gasteiger partial charge in [0.2, 0.25) is 0 Å². The van der Waals surface area contributed by atoms with Crippen LogP contribution in [0.1, 0.15) is 51.4 Å². The molecule has 2 nitrogen and oxygen atoms in total. The van der Waals surface area contributed by atoms with Gasteiger partial charge in [0.25, 0.3) is 0 Å². The minimum atomic E-state index is 1.07. The molecule has 1 saturated heterocycles. The third-order valence-electron chi connectivity index (χ3n) is 4.24. The molecule has 0 aromatic rings. The van der Waals surface area contributed by atoms with E-state index in [-0.39, 0.29) is 0 Å². The molecule has 0 aromatic carbocycles. The van der Waals surface area contributed by atoms with E-state index < -0.39 is 0 Å². The normalized spacial score (nSPS) is 25.5. The van der Waals surface area contributed by atoms with Crippen molar-refractivity contribution in [2.24, 2.45) is 5.92 Å². The van der Waals surface area contributed by atoms with E-state index >= 15 is 0 Å². The van der Waals surface area contributed by atoms with Gasteiger partial charge in [-0.2, -0.15) is 0 Å².